The smallest absolute Gasteiger partial charge is 0.264 e. The van der Waals surface area contributed by atoms with E-state index in [2.05, 4.69) is 10.1 Å². The Morgan fingerprint density at radius 1 is 1.43 bits per heavy atom. The Hall–Kier alpha value is -2.08. The summed E-state index contributed by atoms with van der Waals surface area (Å²) < 4.78 is 16.5. The fourth-order valence-electron chi connectivity index (χ4n) is 2.19. The van der Waals surface area contributed by atoms with E-state index in [1.54, 1.807) is 12.1 Å². The Morgan fingerprint density at radius 3 is 3.00 bits per heavy atom. The molecular formula is C15H19N3O3. The van der Waals surface area contributed by atoms with E-state index < -0.39 is 0 Å². The van der Waals surface area contributed by atoms with Crippen LogP contribution in [0.25, 0.3) is 0 Å². The first-order chi connectivity index (χ1) is 10.3. The minimum Gasteiger partial charge on any atom is -0.484 e. The Morgan fingerprint density at radius 2 is 2.29 bits per heavy atom. The van der Waals surface area contributed by atoms with Gasteiger partial charge < -0.3 is 19.7 Å². The molecule has 6 heteroatoms. The van der Waals surface area contributed by atoms with Crippen molar-refractivity contribution in [3.63, 3.8) is 0 Å². The molecule has 1 aromatic heterocycles. The van der Waals surface area contributed by atoms with Gasteiger partial charge in [-0.05, 0) is 37.8 Å². The zero-order chi connectivity index (χ0) is 14.7. The number of ether oxygens (including phenoxy) is 2. The predicted octanol–water partition coefficient (Wildman–Crippen LogP) is 2.72. The second-order valence-corrected chi connectivity index (χ2v) is 5.12. The Labute approximate surface area is 123 Å². The fourth-order valence-corrected chi connectivity index (χ4v) is 2.19. The van der Waals surface area contributed by atoms with Crippen molar-refractivity contribution in [3.05, 3.63) is 36.0 Å². The van der Waals surface area contributed by atoms with Crippen LogP contribution in [0.4, 0.5) is 5.69 Å². The Balaban J connectivity index is 1.62. The topological polar surface area (TPSA) is 83.4 Å². The summed E-state index contributed by atoms with van der Waals surface area (Å²) in [4.78, 5) is 4.37. The lowest BCUT2D eigenvalue weighted by Crippen LogP contribution is -2.08. The number of nitrogens with two attached hydrogens (primary N) is 1. The van der Waals surface area contributed by atoms with E-state index in [1.807, 2.05) is 19.1 Å². The second-order valence-electron chi connectivity index (χ2n) is 5.12. The maximum Gasteiger partial charge on any atom is 0.264 e. The Kier molecular flexibility index (Phi) is 4.06. The van der Waals surface area contributed by atoms with Gasteiger partial charge in [0.25, 0.3) is 5.89 Å². The average molecular weight is 289 g/mol. The van der Waals surface area contributed by atoms with Gasteiger partial charge in [-0.15, -0.1) is 0 Å². The van der Waals surface area contributed by atoms with Crippen molar-refractivity contribution < 1.29 is 14.0 Å². The van der Waals surface area contributed by atoms with Crippen LogP contribution in [0.15, 0.2) is 28.8 Å². The van der Waals surface area contributed by atoms with Gasteiger partial charge in [0.05, 0.1) is 0 Å². The van der Waals surface area contributed by atoms with Crippen molar-refractivity contribution in [1.82, 2.24) is 10.1 Å². The molecule has 1 saturated carbocycles. The number of nitrogen functional groups attached to an aromatic ring is 1. The lowest BCUT2D eigenvalue weighted by atomic mass is 10.2. The van der Waals surface area contributed by atoms with Gasteiger partial charge >= 0.3 is 0 Å². The van der Waals surface area contributed by atoms with Gasteiger partial charge in [-0.3, -0.25) is 0 Å². The van der Waals surface area contributed by atoms with Gasteiger partial charge in [0.15, 0.2) is 6.61 Å². The number of aromatic nitrogens is 2. The molecular weight excluding hydrogens is 270 g/mol. The molecule has 0 aliphatic heterocycles. The number of hydrogen-bond acceptors (Lipinski definition) is 6. The van der Waals surface area contributed by atoms with Crippen LogP contribution in [0, 0.1) is 5.92 Å². The van der Waals surface area contributed by atoms with Crippen molar-refractivity contribution in [2.75, 3.05) is 12.3 Å². The average Bonchev–Trinajstić information content (AvgIpc) is 3.21. The molecule has 1 aliphatic rings. The minimum absolute atomic E-state index is 0.0557. The summed E-state index contributed by atoms with van der Waals surface area (Å²) in [6.07, 6.45) is 2.27. The van der Waals surface area contributed by atoms with E-state index in [0.717, 1.165) is 12.8 Å². The molecule has 1 atom stereocenters. The van der Waals surface area contributed by atoms with E-state index >= 15 is 0 Å². The third-order valence-corrected chi connectivity index (χ3v) is 3.36. The molecule has 2 aromatic rings. The van der Waals surface area contributed by atoms with Crippen molar-refractivity contribution in [1.29, 1.82) is 0 Å². The summed E-state index contributed by atoms with van der Waals surface area (Å²) in [6, 6.07) is 7.23. The fraction of sp³-hybridized carbons (Fsp3) is 0.467. The number of anilines is 1. The summed E-state index contributed by atoms with van der Waals surface area (Å²) >= 11 is 0. The first-order valence-corrected chi connectivity index (χ1v) is 7.18. The van der Waals surface area contributed by atoms with Crippen LogP contribution in [0.5, 0.6) is 5.75 Å². The van der Waals surface area contributed by atoms with Crippen LogP contribution in [-0.2, 0) is 11.3 Å². The van der Waals surface area contributed by atoms with E-state index in [9.17, 15) is 0 Å². The molecule has 1 fully saturated rings. The third-order valence-electron chi connectivity index (χ3n) is 3.36. The standard InChI is InChI=1S/C15H19N3O3/c1-2-19-14(10-6-7-10)15-17-13(21-18-15)9-20-12-5-3-4-11(16)8-12/h3-5,8,10,14H,2,6-7,9,16H2,1H3. The first-order valence-electron chi connectivity index (χ1n) is 7.18. The largest absolute Gasteiger partial charge is 0.484 e. The van der Waals surface area contributed by atoms with Crippen LogP contribution in [0.1, 0.15) is 37.6 Å². The van der Waals surface area contributed by atoms with Crippen LogP contribution in [0.3, 0.4) is 0 Å². The molecule has 0 amide bonds. The molecule has 6 nitrogen and oxygen atoms in total. The third kappa shape index (κ3) is 3.52. The summed E-state index contributed by atoms with van der Waals surface area (Å²) in [6.45, 7) is 2.84. The minimum atomic E-state index is -0.0557. The van der Waals surface area contributed by atoms with Crippen molar-refractivity contribution in [3.8, 4) is 5.75 Å². The highest BCUT2D eigenvalue weighted by molar-refractivity contribution is 5.43. The normalized spacial score (nSPS) is 15.9. The highest BCUT2D eigenvalue weighted by Gasteiger charge is 2.36. The van der Waals surface area contributed by atoms with Gasteiger partial charge in [-0.25, -0.2) is 0 Å². The summed E-state index contributed by atoms with van der Waals surface area (Å²) in [7, 11) is 0. The monoisotopic (exact) mass is 289 g/mol. The van der Waals surface area contributed by atoms with Crippen molar-refractivity contribution in [2.24, 2.45) is 5.92 Å². The van der Waals surface area contributed by atoms with Gasteiger partial charge in [0, 0.05) is 18.4 Å². The molecule has 21 heavy (non-hydrogen) atoms. The lowest BCUT2D eigenvalue weighted by molar-refractivity contribution is 0.0384. The number of nitrogens with zero attached hydrogens (tertiary/aromatic N) is 2. The quantitative estimate of drug-likeness (QED) is 0.789. The summed E-state index contributed by atoms with van der Waals surface area (Å²) in [5, 5.41) is 4.01. The molecule has 2 N–H and O–H groups in total. The molecule has 1 aromatic carbocycles. The van der Waals surface area contributed by atoms with Gasteiger partial charge in [-0.2, -0.15) is 4.98 Å². The molecule has 0 saturated heterocycles. The second kappa shape index (κ2) is 6.13. The van der Waals surface area contributed by atoms with Gasteiger partial charge in [0.1, 0.15) is 11.9 Å². The van der Waals surface area contributed by atoms with Gasteiger partial charge in [0.2, 0.25) is 5.82 Å². The van der Waals surface area contributed by atoms with Crippen molar-refractivity contribution in [2.45, 2.75) is 32.5 Å². The molecule has 0 spiro atoms. The highest BCUT2D eigenvalue weighted by Crippen LogP contribution is 2.42. The molecule has 0 bridgehead atoms. The summed E-state index contributed by atoms with van der Waals surface area (Å²) in [5.74, 6) is 2.26. The number of rotatable bonds is 7. The maximum atomic E-state index is 5.70. The predicted molar refractivity (Wildman–Crippen MR) is 76.6 cm³/mol. The lowest BCUT2D eigenvalue weighted by Gasteiger charge is -2.11. The molecule has 3 rings (SSSR count). The SMILES string of the molecule is CCOC(c1noc(COc2cccc(N)c2)n1)C1CC1. The molecule has 1 unspecified atom stereocenters. The van der Waals surface area contributed by atoms with E-state index in [0.29, 0.717) is 35.7 Å². The zero-order valence-corrected chi connectivity index (χ0v) is 12.0. The van der Waals surface area contributed by atoms with E-state index in [-0.39, 0.29) is 12.7 Å². The van der Waals surface area contributed by atoms with Gasteiger partial charge in [-0.1, -0.05) is 11.2 Å². The molecule has 112 valence electrons. The summed E-state index contributed by atoms with van der Waals surface area (Å²) in [5.41, 5.74) is 6.35. The molecule has 1 aliphatic carbocycles. The zero-order valence-electron chi connectivity index (χ0n) is 12.0. The van der Waals surface area contributed by atoms with Crippen LogP contribution in [-0.4, -0.2) is 16.7 Å². The Bertz CT molecular complexity index is 595. The molecule has 1 heterocycles. The van der Waals surface area contributed by atoms with Crippen LogP contribution >= 0.6 is 0 Å². The van der Waals surface area contributed by atoms with E-state index in [4.69, 9.17) is 19.7 Å². The maximum absolute atomic E-state index is 5.70. The highest BCUT2D eigenvalue weighted by atomic mass is 16.5. The number of benzene rings is 1. The van der Waals surface area contributed by atoms with Crippen LogP contribution in [0.2, 0.25) is 0 Å². The molecule has 0 radical (unpaired) electrons. The number of hydrogen-bond donors (Lipinski definition) is 1. The van der Waals surface area contributed by atoms with Crippen LogP contribution < -0.4 is 10.5 Å². The van der Waals surface area contributed by atoms with Crippen molar-refractivity contribution >= 4 is 5.69 Å². The van der Waals surface area contributed by atoms with E-state index in [1.165, 1.54) is 0 Å². The first kappa shape index (κ1) is 13.9.